The van der Waals surface area contributed by atoms with Crippen LogP contribution in [0.4, 0.5) is 0 Å². The van der Waals surface area contributed by atoms with Gasteiger partial charge in [-0.15, -0.1) is 23.2 Å². The average molecular weight is 205 g/mol. The summed E-state index contributed by atoms with van der Waals surface area (Å²) in [5, 5.41) is 0. The van der Waals surface area contributed by atoms with Crippen LogP contribution in [0.3, 0.4) is 0 Å². The molecule has 0 atom stereocenters. The molecule has 0 heterocycles. The Kier molecular flexibility index (Phi) is 7.33. The predicted molar refractivity (Wildman–Crippen MR) is 58.1 cm³/mol. The fourth-order valence-corrected chi connectivity index (χ4v) is 0.707. The van der Waals surface area contributed by atoms with Gasteiger partial charge in [0.2, 0.25) is 0 Å². The van der Waals surface area contributed by atoms with Gasteiger partial charge in [-0.05, 0) is 13.8 Å². The van der Waals surface area contributed by atoms with Crippen LogP contribution in [-0.4, -0.2) is 11.8 Å². The Balaban J connectivity index is 3.93. The lowest BCUT2D eigenvalue weighted by atomic mass is 10.2. The van der Waals surface area contributed by atoms with E-state index in [1.54, 1.807) is 0 Å². The van der Waals surface area contributed by atoms with Crippen molar-refractivity contribution in [2.24, 2.45) is 0 Å². The maximum Gasteiger partial charge on any atom is 0.0433 e. The first-order valence-corrected chi connectivity index (χ1v) is 4.89. The summed E-state index contributed by atoms with van der Waals surface area (Å²) in [6.45, 7) is 3.99. The second-order valence-corrected chi connectivity index (χ2v) is 3.21. The van der Waals surface area contributed by atoms with Crippen LogP contribution in [0.2, 0.25) is 0 Å². The highest BCUT2D eigenvalue weighted by Crippen LogP contribution is 1.98. The van der Waals surface area contributed by atoms with Gasteiger partial charge in [-0.3, -0.25) is 0 Å². The van der Waals surface area contributed by atoms with Crippen molar-refractivity contribution in [2.75, 3.05) is 11.8 Å². The molecule has 0 spiro atoms. The second-order valence-electron chi connectivity index (χ2n) is 2.68. The van der Waals surface area contributed by atoms with Crippen LogP contribution in [0.25, 0.3) is 0 Å². The van der Waals surface area contributed by atoms with Crippen molar-refractivity contribution in [3.05, 3.63) is 35.5 Å². The van der Waals surface area contributed by atoms with Crippen LogP contribution in [-0.2, 0) is 0 Å². The van der Waals surface area contributed by atoms with Gasteiger partial charge in [0.05, 0.1) is 0 Å². The number of halogens is 2. The first kappa shape index (κ1) is 11.8. The van der Waals surface area contributed by atoms with Gasteiger partial charge in [0.15, 0.2) is 0 Å². The molecule has 0 aliphatic heterocycles. The normalized spacial score (nSPS) is 14.3. The van der Waals surface area contributed by atoms with Crippen LogP contribution in [0, 0.1) is 0 Å². The van der Waals surface area contributed by atoms with Crippen molar-refractivity contribution in [3.8, 4) is 0 Å². The summed E-state index contributed by atoms with van der Waals surface area (Å²) in [5.74, 6) is 1.17. The molecule has 0 bridgehead atoms. The molecule has 0 aromatic rings. The average Bonchev–Trinajstić information content (AvgIpc) is 2.11. The number of hydrogen-bond donors (Lipinski definition) is 0. The highest BCUT2D eigenvalue weighted by atomic mass is 35.5. The summed E-state index contributed by atoms with van der Waals surface area (Å²) in [4.78, 5) is 0. The Morgan fingerprint density at radius 2 is 1.25 bits per heavy atom. The molecule has 0 N–H and O–H groups in total. The summed E-state index contributed by atoms with van der Waals surface area (Å²) < 4.78 is 0. The zero-order chi connectivity index (χ0) is 9.40. The van der Waals surface area contributed by atoms with Crippen LogP contribution in [0.5, 0.6) is 0 Å². The molecule has 0 saturated heterocycles. The van der Waals surface area contributed by atoms with Crippen molar-refractivity contribution in [1.82, 2.24) is 0 Å². The molecule has 0 amide bonds. The number of alkyl halides is 2. The minimum Gasteiger partial charge on any atom is -0.122 e. The highest BCUT2D eigenvalue weighted by molar-refractivity contribution is 6.19. The molecule has 2 heteroatoms. The SMILES string of the molecule is CC(=CC=CC=C(C)CCl)CCl. The molecule has 68 valence electrons. The summed E-state index contributed by atoms with van der Waals surface area (Å²) in [7, 11) is 0. The van der Waals surface area contributed by atoms with E-state index in [1.807, 2.05) is 38.2 Å². The largest absolute Gasteiger partial charge is 0.122 e. The third kappa shape index (κ3) is 6.51. The number of hydrogen-bond acceptors (Lipinski definition) is 0. The molecule has 0 nitrogen and oxygen atoms in total. The maximum absolute atomic E-state index is 5.58. The minimum atomic E-state index is 0.586. The van der Waals surface area contributed by atoms with E-state index in [0.717, 1.165) is 11.1 Å². The zero-order valence-electron chi connectivity index (χ0n) is 7.48. The number of allylic oxidation sites excluding steroid dienone is 6. The second kappa shape index (κ2) is 7.45. The van der Waals surface area contributed by atoms with Crippen LogP contribution in [0.15, 0.2) is 35.5 Å². The van der Waals surface area contributed by atoms with E-state index in [-0.39, 0.29) is 0 Å². The third-order valence-electron chi connectivity index (χ3n) is 1.29. The van der Waals surface area contributed by atoms with E-state index in [2.05, 4.69) is 0 Å². The van der Waals surface area contributed by atoms with E-state index in [9.17, 15) is 0 Å². The molecule has 0 radical (unpaired) electrons. The minimum absolute atomic E-state index is 0.586. The van der Waals surface area contributed by atoms with Gasteiger partial charge in [-0.25, -0.2) is 0 Å². The van der Waals surface area contributed by atoms with Gasteiger partial charge in [0.25, 0.3) is 0 Å². The van der Waals surface area contributed by atoms with Crippen molar-refractivity contribution in [3.63, 3.8) is 0 Å². The lowest BCUT2D eigenvalue weighted by Crippen LogP contribution is -1.74. The first-order chi connectivity index (χ1) is 5.70. The van der Waals surface area contributed by atoms with Gasteiger partial charge in [-0.2, -0.15) is 0 Å². The van der Waals surface area contributed by atoms with E-state index < -0.39 is 0 Å². The van der Waals surface area contributed by atoms with Crippen molar-refractivity contribution in [2.45, 2.75) is 13.8 Å². The highest BCUT2D eigenvalue weighted by Gasteiger charge is 1.81. The van der Waals surface area contributed by atoms with Gasteiger partial charge in [0.1, 0.15) is 0 Å². The van der Waals surface area contributed by atoms with E-state index in [1.165, 1.54) is 0 Å². The lowest BCUT2D eigenvalue weighted by molar-refractivity contribution is 1.39. The monoisotopic (exact) mass is 204 g/mol. The van der Waals surface area contributed by atoms with E-state index in [4.69, 9.17) is 23.2 Å². The predicted octanol–water partition coefficient (Wildman–Crippen LogP) is 3.91. The standard InChI is InChI=1S/C10H14Cl2/c1-9(7-11)5-3-4-6-10(2)8-12/h3-6H,7-8H2,1-2H3. The third-order valence-corrected chi connectivity index (χ3v) is 2.14. The van der Waals surface area contributed by atoms with Crippen LogP contribution < -0.4 is 0 Å². The van der Waals surface area contributed by atoms with E-state index in [0.29, 0.717) is 11.8 Å². The van der Waals surface area contributed by atoms with Gasteiger partial charge in [0, 0.05) is 11.8 Å². The molecule has 0 unspecified atom stereocenters. The molecule has 0 aliphatic rings. The van der Waals surface area contributed by atoms with Crippen LogP contribution in [0.1, 0.15) is 13.8 Å². The Labute approximate surface area is 84.6 Å². The molecular formula is C10H14Cl2. The summed E-state index contributed by atoms with van der Waals surface area (Å²) in [6, 6.07) is 0. The molecular weight excluding hydrogens is 191 g/mol. The van der Waals surface area contributed by atoms with Gasteiger partial charge >= 0.3 is 0 Å². The topological polar surface area (TPSA) is 0 Å². The van der Waals surface area contributed by atoms with Crippen molar-refractivity contribution in [1.29, 1.82) is 0 Å². The van der Waals surface area contributed by atoms with Gasteiger partial charge in [-0.1, -0.05) is 35.5 Å². The first-order valence-electron chi connectivity index (χ1n) is 3.82. The Hall–Kier alpha value is -0.200. The maximum atomic E-state index is 5.58. The van der Waals surface area contributed by atoms with E-state index >= 15 is 0 Å². The lowest BCUT2D eigenvalue weighted by Gasteiger charge is -1.88. The summed E-state index contributed by atoms with van der Waals surface area (Å²) >= 11 is 11.2. The van der Waals surface area contributed by atoms with Crippen LogP contribution >= 0.6 is 23.2 Å². The molecule has 0 saturated carbocycles. The van der Waals surface area contributed by atoms with Gasteiger partial charge < -0.3 is 0 Å². The Bertz CT molecular complexity index is 178. The van der Waals surface area contributed by atoms with Crippen molar-refractivity contribution < 1.29 is 0 Å². The quantitative estimate of drug-likeness (QED) is 0.482. The molecule has 0 fully saturated rings. The smallest absolute Gasteiger partial charge is 0.0433 e. The zero-order valence-corrected chi connectivity index (χ0v) is 8.99. The molecule has 0 aromatic carbocycles. The molecule has 0 aromatic heterocycles. The number of rotatable bonds is 4. The Morgan fingerprint density at radius 3 is 1.50 bits per heavy atom. The molecule has 12 heavy (non-hydrogen) atoms. The molecule has 0 aliphatic carbocycles. The van der Waals surface area contributed by atoms with Crippen molar-refractivity contribution >= 4 is 23.2 Å². The fraction of sp³-hybridized carbons (Fsp3) is 0.400. The summed E-state index contributed by atoms with van der Waals surface area (Å²) in [6.07, 6.45) is 7.91. The Morgan fingerprint density at radius 1 is 0.917 bits per heavy atom. The molecule has 0 rings (SSSR count). The fourth-order valence-electron chi connectivity index (χ4n) is 0.529. The summed E-state index contributed by atoms with van der Waals surface area (Å²) in [5.41, 5.74) is 2.31.